The summed E-state index contributed by atoms with van der Waals surface area (Å²) in [5, 5.41) is 3.37. The zero-order valence-electron chi connectivity index (χ0n) is 11.3. The van der Waals surface area contributed by atoms with Crippen molar-refractivity contribution in [1.82, 2.24) is 10.2 Å². The van der Waals surface area contributed by atoms with Gasteiger partial charge in [0, 0.05) is 31.2 Å². The number of carbonyl (C=O) groups excluding carboxylic acids is 1. The summed E-state index contributed by atoms with van der Waals surface area (Å²) >= 11 is 0. The quantitative estimate of drug-likeness (QED) is 0.829. The third-order valence-electron chi connectivity index (χ3n) is 3.94. The maximum atomic E-state index is 12.7. The van der Waals surface area contributed by atoms with E-state index >= 15 is 0 Å². The highest BCUT2D eigenvalue weighted by molar-refractivity contribution is 5.85. The first-order valence-electron chi connectivity index (χ1n) is 6.99. The molecule has 2 heterocycles. The molecule has 1 fully saturated rings. The van der Waals surface area contributed by atoms with Crippen molar-refractivity contribution < 1.29 is 9.53 Å². The lowest BCUT2D eigenvalue weighted by atomic mass is 9.91. The Morgan fingerprint density at radius 2 is 2.26 bits per heavy atom. The number of piperazine rings is 1. The molecule has 0 spiro atoms. The van der Waals surface area contributed by atoms with Crippen LogP contribution in [0.1, 0.15) is 24.8 Å². The molecule has 1 aromatic rings. The second-order valence-electron chi connectivity index (χ2n) is 5.37. The van der Waals surface area contributed by atoms with Crippen LogP contribution in [0.25, 0.3) is 0 Å². The number of rotatable bonds is 1. The van der Waals surface area contributed by atoms with Crippen molar-refractivity contribution in [2.24, 2.45) is 0 Å². The van der Waals surface area contributed by atoms with E-state index < -0.39 is 0 Å². The molecule has 2 atom stereocenters. The van der Waals surface area contributed by atoms with Crippen molar-refractivity contribution in [2.75, 3.05) is 26.2 Å². The van der Waals surface area contributed by atoms with E-state index in [1.165, 1.54) is 0 Å². The van der Waals surface area contributed by atoms with E-state index in [2.05, 4.69) is 12.2 Å². The van der Waals surface area contributed by atoms with Crippen molar-refractivity contribution in [3.63, 3.8) is 0 Å². The topological polar surface area (TPSA) is 41.6 Å². The maximum absolute atomic E-state index is 12.7. The van der Waals surface area contributed by atoms with E-state index in [1.54, 1.807) is 0 Å². The standard InChI is InChI=1S/C15H20N2O2/c1-11-10-17(8-7-16-11)15(18)13-6-9-19-14-5-3-2-4-12(13)14/h2-5,11,13,16H,6-10H2,1H3/t11-,13-/m1/s1. The molecular formula is C15H20N2O2. The molecule has 2 aliphatic rings. The largest absolute Gasteiger partial charge is 0.493 e. The number of nitrogens with one attached hydrogen (secondary N) is 1. The molecule has 1 amide bonds. The molecule has 4 nitrogen and oxygen atoms in total. The first kappa shape index (κ1) is 12.5. The van der Waals surface area contributed by atoms with E-state index in [0.29, 0.717) is 12.6 Å². The summed E-state index contributed by atoms with van der Waals surface area (Å²) in [6, 6.07) is 8.29. The highest BCUT2D eigenvalue weighted by Gasteiger charge is 2.32. The number of hydrogen-bond donors (Lipinski definition) is 1. The molecule has 3 rings (SSSR count). The highest BCUT2D eigenvalue weighted by atomic mass is 16.5. The summed E-state index contributed by atoms with van der Waals surface area (Å²) in [5.74, 6) is 1.09. The monoisotopic (exact) mass is 260 g/mol. The number of ether oxygens (including phenoxy) is 1. The van der Waals surface area contributed by atoms with E-state index in [0.717, 1.165) is 37.4 Å². The normalized spacial score (nSPS) is 26.5. The lowest BCUT2D eigenvalue weighted by Crippen LogP contribution is -2.52. The molecule has 1 saturated heterocycles. The van der Waals surface area contributed by atoms with Crippen LogP contribution in [0.15, 0.2) is 24.3 Å². The van der Waals surface area contributed by atoms with Gasteiger partial charge in [-0.15, -0.1) is 0 Å². The Labute approximate surface area is 113 Å². The number of hydrogen-bond acceptors (Lipinski definition) is 3. The predicted molar refractivity (Wildman–Crippen MR) is 73.3 cm³/mol. The molecule has 4 heteroatoms. The van der Waals surface area contributed by atoms with E-state index in [4.69, 9.17) is 4.74 Å². The van der Waals surface area contributed by atoms with Crippen LogP contribution in [0.5, 0.6) is 5.75 Å². The Balaban J connectivity index is 1.81. The molecule has 102 valence electrons. The molecule has 0 unspecified atom stereocenters. The van der Waals surface area contributed by atoms with E-state index in [9.17, 15) is 4.79 Å². The summed E-state index contributed by atoms with van der Waals surface area (Å²) in [7, 11) is 0. The summed E-state index contributed by atoms with van der Waals surface area (Å²) < 4.78 is 5.63. The smallest absolute Gasteiger partial charge is 0.230 e. The van der Waals surface area contributed by atoms with Crippen LogP contribution < -0.4 is 10.1 Å². The average molecular weight is 260 g/mol. The van der Waals surface area contributed by atoms with Gasteiger partial charge in [0.1, 0.15) is 5.75 Å². The molecule has 2 aliphatic heterocycles. The number of amides is 1. The third kappa shape index (κ3) is 2.45. The fraction of sp³-hybridized carbons (Fsp3) is 0.533. The van der Waals surface area contributed by atoms with Gasteiger partial charge in [0.15, 0.2) is 0 Å². The van der Waals surface area contributed by atoms with Crippen LogP contribution in [0.2, 0.25) is 0 Å². The van der Waals surface area contributed by atoms with Gasteiger partial charge in [0.25, 0.3) is 0 Å². The molecule has 0 bridgehead atoms. The van der Waals surface area contributed by atoms with Gasteiger partial charge in [-0.25, -0.2) is 0 Å². The zero-order valence-corrected chi connectivity index (χ0v) is 11.3. The van der Waals surface area contributed by atoms with Crippen molar-refractivity contribution in [1.29, 1.82) is 0 Å². The Bertz CT molecular complexity index is 475. The zero-order chi connectivity index (χ0) is 13.2. The second-order valence-corrected chi connectivity index (χ2v) is 5.37. The van der Waals surface area contributed by atoms with E-state index in [1.807, 2.05) is 29.2 Å². The Kier molecular flexibility index (Phi) is 3.42. The van der Waals surface area contributed by atoms with Gasteiger partial charge in [-0.2, -0.15) is 0 Å². The molecule has 19 heavy (non-hydrogen) atoms. The minimum Gasteiger partial charge on any atom is -0.493 e. The van der Waals surface area contributed by atoms with Crippen LogP contribution in [0.4, 0.5) is 0 Å². The van der Waals surface area contributed by atoms with Crippen molar-refractivity contribution in [3.8, 4) is 5.75 Å². The molecule has 1 aromatic carbocycles. The molecular weight excluding hydrogens is 240 g/mol. The summed E-state index contributed by atoms with van der Waals surface area (Å²) in [4.78, 5) is 14.7. The van der Waals surface area contributed by atoms with Gasteiger partial charge in [0.05, 0.1) is 12.5 Å². The van der Waals surface area contributed by atoms with Crippen LogP contribution in [-0.4, -0.2) is 43.1 Å². The number of benzene rings is 1. The minimum atomic E-state index is -0.0322. The van der Waals surface area contributed by atoms with Crippen LogP contribution in [0, 0.1) is 0 Å². The molecule has 0 radical (unpaired) electrons. The average Bonchev–Trinajstić information content (AvgIpc) is 2.46. The first-order chi connectivity index (χ1) is 9.25. The fourth-order valence-corrected chi connectivity index (χ4v) is 2.95. The Morgan fingerprint density at radius 3 is 3.11 bits per heavy atom. The first-order valence-corrected chi connectivity index (χ1v) is 6.99. The van der Waals surface area contributed by atoms with Gasteiger partial charge in [0.2, 0.25) is 5.91 Å². The molecule has 0 saturated carbocycles. The molecule has 0 aromatic heterocycles. The number of carbonyl (C=O) groups is 1. The number of fused-ring (bicyclic) bond motifs is 1. The third-order valence-corrected chi connectivity index (χ3v) is 3.94. The van der Waals surface area contributed by atoms with Gasteiger partial charge < -0.3 is 15.0 Å². The van der Waals surface area contributed by atoms with Crippen molar-refractivity contribution in [2.45, 2.75) is 25.3 Å². The van der Waals surface area contributed by atoms with Crippen LogP contribution in [-0.2, 0) is 4.79 Å². The van der Waals surface area contributed by atoms with Crippen molar-refractivity contribution in [3.05, 3.63) is 29.8 Å². The van der Waals surface area contributed by atoms with Gasteiger partial charge in [-0.1, -0.05) is 18.2 Å². The van der Waals surface area contributed by atoms with Gasteiger partial charge in [-0.3, -0.25) is 4.79 Å². The van der Waals surface area contributed by atoms with E-state index in [-0.39, 0.29) is 11.8 Å². The number of nitrogens with zero attached hydrogens (tertiary/aromatic N) is 1. The van der Waals surface area contributed by atoms with Crippen molar-refractivity contribution >= 4 is 5.91 Å². The SMILES string of the molecule is C[C@@H]1CN(C(=O)[C@@H]2CCOc3ccccc32)CCN1. The number of para-hydroxylation sites is 1. The Morgan fingerprint density at radius 1 is 1.42 bits per heavy atom. The second kappa shape index (κ2) is 5.21. The summed E-state index contributed by atoms with van der Waals surface area (Å²) in [6.45, 7) is 5.26. The fourth-order valence-electron chi connectivity index (χ4n) is 2.95. The highest BCUT2D eigenvalue weighted by Crippen LogP contribution is 2.34. The maximum Gasteiger partial charge on any atom is 0.230 e. The Hall–Kier alpha value is -1.55. The molecule has 0 aliphatic carbocycles. The van der Waals surface area contributed by atoms with Crippen LogP contribution in [0.3, 0.4) is 0 Å². The predicted octanol–water partition coefficient (Wildman–Crippen LogP) is 1.37. The molecule has 1 N–H and O–H groups in total. The lowest BCUT2D eigenvalue weighted by Gasteiger charge is -2.35. The lowest BCUT2D eigenvalue weighted by molar-refractivity contribution is -0.134. The van der Waals surface area contributed by atoms with Gasteiger partial charge >= 0.3 is 0 Å². The summed E-state index contributed by atoms with van der Waals surface area (Å²) in [5.41, 5.74) is 1.05. The minimum absolute atomic E-state index is 0.0322. The summed E-state index contributed by atoms with van der Waals surface area (Å²) in [6.07, 6.45) is 0.786. The van der Waals surface area contributed by atoms with Gasteiger partial charge in [-0.05, 0) is 19.4 Å². The van der Waals surface area contributed by atoms with Crippen LogP contribution >= 0.6 is 0 Å².